The molecule has 0 fully saturated rings. The number of thiocarbonyl (C=S) groups is 1. The van der Waals surface area contributed by atoms with Gasteiger partial charge >= 0.3 is 58.2 Å². The van der Waals surface area contributed by atoms with Crippen molar-refractivity contribution in [1.82, 2.24) is 0 Å². The summed E-state index contributed by atoms with van der Waals surface area (Å²) in [5.41, 5.74) is 0. The van der Waals surface area contributed by atoms with Crippen LogP contribution in [-0.2, 0) is 4.74 Å². The van der Waals surface area contributed by atoms with E-state index in [0.717, 1.165) is 6.42 Å². The molecule has 0 aromatic carbocycles. The van der Waals surface area contributed by atoms with Gasteiger partial charge < -0.3 is 10.1 Å². The molecule has 0 aromatic rings. The Hall–Kier alpha value is 1.66. The molecular formula is C10H20NORbS. The summed E-state index contributed by atoms with van der Waals surface area (Å²) in [5, 5.41) is 4.36. The van der Waals surface area contributed by atoms with Crippen molar-refractivity contribution in [2.24, 2.45) is 5.92 Å². The van der Waals surface area contributed by atoms with E-state index in [4.69, 9.17) is 17.0 Å². The van der Waals surface area contributed by atoms with Crippen LogP contribution < -0.4 is 58.2 Å². The van der Waals surface area contributed by atoms with Crippen molar-refractivity contribution < 1.29 is 62.9 Å². The quantitative estimate of drug-likeness (QED) is 0.650. The normalized spacial score (nSPS) is 12.1. The average molecular weight is 288 g/mol. The number of hydrogen-bond donors (Lipinski definition) is 0. The Morgan fingerprint density at radius 3 is 2.36 bits per heavy atom. The molecule has 0 aliphatic heterocycles. The van der Waals surface area contributed by atoms with Gasteiger partial charge in [0.05, 0.1) is 6.61 Å². The first-order valence-corrected chi connectivity index (χ1v) is 5.28. The van der Waals surface area contributed by atoms with Gasteiger partial charge in [0.2, 0.25) is 0 Å². The molecule has 0 saturated carbocycles. The third-order valence-corrected chi connectivity index (χ3v) is 1.83. The minimum Gasteiger partial charge on any atom is -0.674 e. The Kier molecular flexibility index (Phi) is 14.4. The van der Waals surface area contributed by atoms with Crippen LogP contribution in [0.4, 0.5) is 0 Å². The Bertz CT molecular complexity index is 153. The average Bonchev–Trinajstić information content (AvgIpc) is 1.98. The van der Waals surface area contributed by atoms with Crippen LogP contribution in [0.15, 0.2) is 0 Å². The van der Waals surface area contributed by atoms with Crippen molar-refractivity contribution in [3.05, 3.63) is 5.32 Å². The van der Waals surface area contributed by atoms with Crippen molar-refractivity contribution in [2.75, 3.05) is 13.2 Å². The van der Waals surface area contributed by atoms with Gasteiger partial charge in [-0.1, -0.05) is 32.2 Å². The summed E-state index contributed by atoms with van der Waals surface area (Å²) in [5.74, 6) is 0.675. The molecule has 0 radical (unpaired) electrons. The van der Waals surface area contributed by atoms with Gasteiger partial charge in [-0.05, 0) is 12.8 Å². The van der Waals surface area contributed by atoms with Crippen LogP contribution in [0.5, 0.6) is 0 Å². The first-order valence-electron chi connectivity index (χ1n) is 4.87. The molecular weight excluding hydrogens is 268 g/mol. The fourth-order valence-electron chi connectivity index (χ4n) is 1.21. The number of ether oxygens (including phenoxy) is 1. The molecule has 0 N–H and O–H groups in total. The van der Waals surface area contributed by atoms with Gasteiger partial charge in [-0.2, -0.15) is 0 Å². The fourth-order valence-corrected chi connectivity index (χ4v) is 1.47. The smallest absolute Gasteiger partial charge is 0.674 e. The molecule has 0 rings (SSSR count). The van der Waals surface area contributed by atoms with E-state index in [1.807, 2.05) is 6.92 Å². The molecule has 78 valence electrons. The first kappa shape index (κ1) is 18.0. The minimum atomic E-state index is 0. The van der Waals surface area contributed by atoms with Crippen LogP contribution in [0.2, 0.25) is 0 Å². The van der Waals surface area contributed by atoms with Crippen LogP contribution in [-0.4, -0.2) is 24.2 Å². The van der Waals surface area contributed by atoms with Gasteiger partial charge in [-0.25, -0.2) is 0 Å². The molecule has 4 heteroatoms. The second-order valence-corrected chi connectivity index (χ2v) is 4.11. The third-order valence-electron chi connectivity index (χ3n) is 1.61. The van der Waals surface area contributed by atoms with Crippen LogP contribution in [0.1, 0.15) is 34.1 Å². The van der Waals surface area contributed by atoms with Crippen molar-refractivity contribution in [3.8, 4) is 0 Å². The fraction of sp³-hybridized carbons (Fsp3) is 0.900. The van der Waals surface area contributed by atoms with E-state index < -0.39 is 0 Å². The van der Waals surface area contributed by atoms with Crippen molar-refractivity contribution >= 4 is 17.2 Å². The Morgan fingerprint density at radius 1 is 1.36 bits per heavy atom. The molecule has 0 unspecified atom stereocenters. The van der Waals surface area contributed by atoms with Gasteiger partial charge in [0.1, 0.15) is 0 Å². The standard InChI is InChI=1S/C10H21NOS.Rb/c1-5-12-7-10(13)11-9(4)6-8(2)3;/h8-9H,5-7H2,1-4H3,(H,11,13);/q;+1/p-1/t9-;/m0./s1. The van der Waals surface area contributed by atoms with E-state index in [9.17, 15) is 0 Å². The first-order chi connectivity index (χ1) is 6.06. The monoisotopic (exact) mass is 287 g/mol. The third kappa shape index (κ3) is 11.7. The van der Waals surface area contributed by atoms with E-state index in [1.165, 1.54) is 0 Å². The van der Waals surface area contributed by atoms with E-state index in [-0.39, 0.29) is 58.2 Å². The van der Waals surface area contributed by atoms with Crippen molar-refractivity contribution in [2.45, 2.75) is 40.2 Å². The second kappa shape index (κ2) is 11.1. The molecule has 1 atom stereocenters. The zero-order valence-electron chi connectivity index (χ0n) is 10.0. The van der Waals surface area contributed by atoms with Gasteiger partial charge in [0.25, 0.3) is 0 Å². The van der Waals surface area contributed by atoms with Crippen LogP contribution in [0.25, 0.3) is 5.32 Å². The molecule has 0 saturated heterocycles. The van der Waals surface area contributed by atoms with Gasteiger partial charge in [0, 0.05) is 6.61 Å². The predicted octanol–water partition coefficient (Wildman–Crippen LogP) is 0.163. The van der Waals surface area contributed by atoms with E-state index in [2.05, 4.69) is 26.1 Å². The van der Waals surface area contributed by atoms with Crippen LogP contribution >= 0.6 is 12.2 Å². The molecule has 0 bridgehead atoms. The Labute approximate surface area is 142 Å². The molecule has 0 spiro atoms. The molecule has 0 heterocycles. The summed E-state index contributed by atoms with van der Waals surface area (Å²) in [6.45, 7) is 9.64. The van der Waals surface area contributed by atoms with Crippen LogP contribution in [0.3, 0.4) is 0 Å². The number of hydrogen-bond acceptors (Lipinski definition) is 2. The van der Waals surface area contributed by atoms with Crippen molar-refractivity contribution in [3.63, 3.8) is 0 Å². The Morgan fingerprint density at radius 2 is 1.93 bits per heavy atom. The maximum Gasteiger partial charge on any atom is 1.00 e. The number of nitrogens with zero attached hydrogens (tertiary/aromatic N) is 1. The summed E-state index contributed by atoms with van der Waals surface area (Å²) < 4.78 is 5.17. The van der Waals surface area contributed by atoms with Crippen molar-refractivity contribution in [1.29, 1.82) is 0 Å². The molecule has 0 amide bonds. The van der Waals surface area contributed by atoms with Gasteiger partial charge in [-0.15, -0.1) is 18.3 Å². The summed E-state index contributed by atoms with van der Waals surface area (Å²) in [6.07, 6.45) is 1.09. The maximum absolute atomic E-state index is 5.17. The van der Waals surface area contributed by atoms with E-state index >= 15 is 0 Å². The maximum atomic E-state index is 5.17. The summed E-state index contributed by atoms with van der Waals surface area (Å²) in [4.78, 5) is 0.690. The summed E-state index contributed by atoms with van der Waals surface area (Å²) in [7, 11) is 0. The SMILES string of the molecule is CCOCC(=S)[N-][C@@H](C)CC(C)C.[Rb+]. The Balaban J connectivity index is 0. The number of rotatable bonds is 6. The largest absolute Gasteiger partial charge is 1.00 e. The molecule has 0 aliphatic rings. The zero-order valence-corrected chi connectivity index (χ0v) is 15.8. The van der Waals surface area contributed by atoms with Gasteiger partial charge in [-0.3, -0.25) is 0 Å². The molecule has 2 nitrogen and oxygen atoms in total. The van der Waals surface area contributed by atoms with E-state index in [0.29, 0.717) is 30.2 Å². The predicted molar refractivity (Wildman–Crippen MR) is 61.4 cm³/mol. The molecule has 14 heavy (non-hydrogen) atoms. The van der Waals surface area contributed by atoms with Gasteiger partial charge in [0.15, 0.2) is 0 Å². The van der Waals surface area contributed by atoms with E-state index in [1.54, 1.807) is 0 Å². The molecule has 0 aliphatic carbocycles. The molecule has 0 aromatic heterocycles. The van der Waals surface area contributed by atoms with Crippen LogP contribution in [0, 0.1) is 5.92 Å². The summed E-state index contributed by atoms with van der Waals surface area (Å²) in [6, 6.07) is 0.327. The topological polar surface area (TPSA) is 23.3 Å². The zero-order chi connectivity index (χ0) is 10.3. The minimum absolute atomic E-state index is 0. The summed E-state index contributed by atoms with van der Waals surface area (Å²) >= 11 is 5.06. The second-order valence-electron chi connectivity index (χ2n) is 3.64.